The van der Waals surface area contributed by atoms with Gasteiger partial charge in [-0.2, -0.15) is 11.8 Å². The molecule has 1 aromatic heterocycles. The van der Waals surface area contributed by atoms with Crippen molar-refractivity contribution >= 4 is 28.4 Å². The van der Waals surface area contributed by atoms with Crippen molar-refractivity contribution in [2.45, 2.75) is 26.4 Å². The van der Waals surface area contributed by atoms with E-state index >= 15 is 0 Å². The number of methoxy groups -OCH3 is 1. The summed E-state index contributed by atoms with van der Waals surface area (Å²) in [6.07, 6.45) is 0. The van der Waals surface area contributed by atoms with Gasteiger partial charge in [0.25, 0.3) is 0 Å². The van der Waals surface area contributed by atoms with Crippen LogP contribution >= 0.6 is 11.8 Å². The molecule has 1 aromatic carbocycles. The summed E-state index contributed by atoms with van der Waals surface area (Å²) in [4.78, 5) is 4.58. The molecule has 5 heteroatoms. The lowest BCUT2D eigenvalue weighted by Gasteiger charge is -2.16. The number of hydrogen-bond donors (Lipinski definition) is 2. The van der Waals surface area contributed by atoms with E-state index in [4.69, 9.17) is 4.74 Å². The summed E-state index contributed by atoms with van der Waals surface area (Å²) in [5, 5.41) is 14.2. The Bertz CT molecular complexity index is 638. The number of hydrogen-bond acceptors (Lipinski definition) is 5. The van der Waals surface area contributed by atoms with Gasteiger partial charge >= 0.3 is 0 Å². The number of rotatable bonds is 7. The first-order valence-corrected chi connectivity index (χ1v) is 8.54. The smallest absolute Gasteiger partial charge is 0.145 e. The first kappa shape index (κ1) is 16.9. The Morgan fingerprint density at radius 3 is 2.82 bits per heavy atom. The van der Waals surface area contributed by atoms with Crippen molar-refractivity contribution in [2.75, 3.05) is 30.5 Å². The second-order valence-electron chi connectivity index (χ2n) is 5.96. The van der Waals surface area contributed by atoms with E-state index in [1.54, 1.807) is 18.9 Å². The van der Waals surface area contributed by atoms with Crippen molar-refractivity contribution in [1.82, 2.24) is 4.98 Å². The van der Waals surface area contributed by atoms with Gasteiger partial charge in [-0.05, 0) is 32.9 Å². The summed E-state index contributed by atoms with van der Waals surface area (Å²) in [5.41, 5.74) is 2.31. The van der Waals surface area contributed by atoms with Gasteiger partial charge in [0.1, 0.15) is 11.3 Å². The van der Waals surface area contributed by atoms with Crippen LogP contribution in [0.3, 0.4) is 0 Å². The topological polar surface area (TPSA) is 54.4 Å². The van der Waals surface area contributed by atoms with Crippen LogP contribution in [0.2, 0.25) is 0 Å². The van der Waals surface area contributed by atoms with Crippen LogP contribution in [0, 0.1) is 6.92 Å². The molecule has 120 valence electrons. The molecule has 0 fully saturated rings. The fraction of sp³-hybridized carbons (Fsp3) is 0.471. The predicted octanol–water partition coefficient (Wildman–Crippen LogP) is 3.47. The second kappa shape index (κ2) is 7.20. The largest absolute Gasteiger partial charge is 0.494 e. The Balaban J connectivity index is 2.08. The van der Waals surface area contributed by atoms with Gasteiger partial charge in [0, 0.05) is 34.8 Å². The van der Waals surface area contributed by atoms with Crippen LogP contribution in [0.25, 0.3) is 10.9 Å². The highest BCUT2D eigenvalue weighted by atomic mass is 32.2. The molecule has 0 unspecified atom stereocenters. The van der Waals surface area contributed by atoms with E-state index in [2.05, 4.69) is 22.4 Å². The minimum absolute atomic E-state index is 0.613. The molecule has 0 bridgehead atoms. The van der Waals surface area contributed by atoms with Gasteiger partial charge in [-0.25, -0.2) is 4.98 Å². The summed E-state index contributed by atoms with van der Waals surface area (Å²) >= 11 is 1.74. The number of thioether (sulfide) groups is 1. The highest BCUT2D eigenvalue weighted by Gasteiger charge is 2.12. The maximum atomic E-state index is 9.71. The fourth-order valence-corrected chi connectivity index (χ4v) is 3.13. The molecular weight excluding hydrogens is 296 g/mol. The summed E-state index contributed by atoms with van der Waals surface area (Å²) in [6, 6.07) is 8.02. The van der Waals surface area contributed by atoms with E-state index in [9.17, 15) is 5.11 Å². The molecule has 0 saturated carbocycles. The van der Waals surface area contributed by atoms with E-state index < -0.39 is 5.60 Å². The van der Waals surface area contributed by atoms with Crippen LogP contribution in [0.4, 0.5) is 5.69 Å². The van der Waals surface area contributed by atoms with Crippen molar-refractivity contribution < 1.29 is 9.84 Å². The Kier molecular flexibility index (Phi) is 5.53. The Labute approximate surface area is 136 Å². The van der Waals surface area contributed by atoms with Crippen LogP contribution in [-0.4, -0.2) is 40.9 Å². The van der Waals surface area contributed by atoms with Gasteiger partial charge in [-0.3, -0.25) is 0 Å². The van der Waals surface area contributed by atoms with Crippen LogP contribution in [0.1, 0.15) is 19.5 Å². The van der Waals surface area contributed by atoms with Crippen LogP contribution in [0.5, 0.6) is 5.75 Å². The van der Waals surface area contributed by atoms with Crippen molar-refractivity contribution in [3.8, 4) is 5.75 Å². The lowest BCUT2D eigenvalue weighted by atomic mass is 10.1. The van der Waals surface area contributed by atoms with Crippen LogP contribution in [-0.2, 0) is 0 Å². The van der Waals surface area contributed by atoms with E-state index in [0.717, 1.165) is 46.1 Å². The molecule has 0 radical (unpaired) electrons. The molecule has 2 N–H and O–H groups in total. The highest BCUT2D eigenvalue weighted by molar-refractivity contribution is 7.99. The number of nitrogens with one attached hydrogen (secondary N) is 1. The number of aryl methyl sites for hydroxylation is 1. The van der Waals surface area contributed by atoms with E-state index in [-0.39, 0.29) is 0 Å². The number of benzene rings is 1. The maximum absolute atomic E-state index is 9.71. The third kappa shape index (κ3) is 4.52. The first-order chi connectivity index (χ1) is 10.4. The minimum Gasteiger partial charge on any atom is -0.494 e. The zero-order valence-electron chi connectivity index (χ0n) is 13.6. The summed E-state index contributed by atoms with van der Waals surface area (Å²) in [6.45, 7) is 6.50. The third-order valence-electron chi connectivity index (χ3n) is 3.17. The average Bonchev–Trinajstić information content (AvgIpc) is 2.44. The quantitative estimate of drug-likeness (QED) is 0.765. The SMILES string of the molecule is COc1cccc2c(NCCSCC(C)(C)O)cc(C)nc12. The maximum Gasteiger partial charge on any atom is 0.145 e. The van der Waals surface area contributed by atoms with Gasteiger partial charge in [0.15, 0.2) is 0 Å². The van der Waals surface area contributed by atoms with E-state index in [0.29, 0.717) is 0 Å². The molecule has 0 aliphatic rings. The van der Waals surface area contributed by atoms with Crippen LogP contribution in [0.15, 0.2) is 24.3 Å². The molecule has 1 heterocycles. The molecule has 0 amide bonds. The molecule has 0 atom stereocenters. The molecule has 0 spiro atoms. The lowest BCUT2D eigenvalue weighted by Crippen LogP contribution is -2.22. The second-order valence-corrected chi connectivity index (χ2v) is 7.06. The number of pyridine rings is 1. The van der Waals surface area contributed by atoms with E-state index in [1.165, 1.54) is 0 Å². The number of para-hydroxylation sites is 1. The number of ether oxygens (including phenoxy) is 1. The summed E-state index contributed by atoms with van der Waals surface area (Å²) < 4.78 is 5.40. The van der Waals surface area contributed by atoms with Gasteiger partial charge in [-0.15, -0.1) is 0 Å². The molecule has 22 heavy (non-hydrogen) atoms. The number of anilines is 1. The van der Waals surface area contributed by atoms with Crippen molar-refractivity contribution in [3.63, 3.8) is 0 Å². The van der Waals surface area contributed by atoms with Gasteiger partial charge in [0.2, 0.25) is 0 Å². The zero-order valence-corrected chi connectivity index (χ0v) is 14.5. The lowest BCUT2D eigenvalue weighted by molar-refractivity contribution is 0.107. The highest BCUT2D eigenvalue weighted by Crippen LogP contribution is 2.29. The third-order valence-corrected chi connectivity index (χ3v) is 4.57. The molecule has 2 aromatic rings. The van der Waals surface area contributed by atoms with Gasteiger partial charge < -0.3 is 15.2 Å². The van der Waals surface area contributed by atoms with Gasteiger partial charge in [-0.1, -0.05) is 12.1 Å². The van der Waals surface area contributed by atoms with Crippen molar-refractivity contribution in [1.29, 1.82) is 0 Å². The summed E-state index contributed by atoms with van der Waals surface area (Å²) in [7, 11) is 1.67. The fourth-order valence-electron chi connectivity index (χ4n) is 2.24. The molecule has 0 saturated heterocycles. The summed E-state index contributed by atoms with van der Waals surface area (Å²) in [5.74, 6) is 2.47. The minimum atomic E-state index is -0.613. The Morgan fingerprint density at radius 2 is 2.14 bits per heavy atom. The van der Waals surface area contributed by atoms with E-state index in [1.807, 2.05) is 32.9 Å². The molecule has 0 aliphatic heterocycles. The molecular formula is C17H24N2O2S. The van der Waals surface area contributed by atoms with Crippen molar-refractivity contribution in [3.05, 3.63) is 30.0 Å². The number of aliphatic hydroxyl groups is 1. The number of fused-ring (bicyclic) bond motifs is 1. The van der Waals surface area contributed by atoms with Crippen molar-refractivity contribution in [2.24, 2.45) is 0 Å². The molecule has 4 nitrogen and oxygen atoms in total. The Hall–Kier alpha value is -1.46. The Morgan fingerprint density at radius 1 is 1.36 bits per heavy atom. The number of nitrogens with zero attached hydrogens (tertiary/aromatic N) is 1. The standard InChI is InChI=1S/C17H24N2O2S/c1-12-10-14(18-8-9-22-11-17(2,3)20)13-6-5-7-15(21-4)16(13)19-12/h5-7,10,20H,8-9,11H2,1-4H3,(H,18,19). The normalized spacial score (nSPS) is 11.7. The first-order valence-electron chi connectivity index (χ1n) is 7.39. The number of aromatic nitrogens is 1. The monoisotopic (exact) mass is 320 g/mol. The van der Waals surface area contributed by atoms with Crippen LogP contribution < -0.4 is 10.1 Å². The molecule has 0 aliphatic carbocycles. The molecule has 2 rings (SSSR count). The average molecular weight is 320 g/mol. The predicted molar refractivity (Wildman–Crippen MR) is 95.1 cm³/mol. The van der Waals surface area contributed by atoms with Gasteiger partial charge in [0.05, 0.1) is 12.7 Å². The zero-order chi connectivity index (χ0) is 16.2.